The Bertz CT molecular complexity index is 285. The summed E-state index contributed by atoms with van der Waals surface area (Å²) in [6.45, 7) is 6.36. The molecule has 0 aliphatic rings. The molecule has 0 aliphatic heterocycles. The van der Waals surface area contributed by atoms with E-state index >= 15 is 0 Å². The van der Waals surface area contributed by atoms with Crippen molar-refractivity contribution in [2.24, 2.45) is 0 Å². The van der Waals surface area contributed by atoms with Gasteiger partial charge in [0, 0.05) is 20.8 Å². The van der Waals surface area contributed by atoms with Crippen molar-refractivity contribution in [2.45, 2.75) is 20.3 Å². The van der Waals surface area contributed by atoms with Crippen LogP contribution in [0.25, 0.3) is 6.08 Å². The van der Waals surface area contributed by atoms with Gasteiger partial charge < -0.3 is 5.32 Å². The van der Waals surface area contributed by atoms with Gasteiger partial charge in [0.1, 0.15) is 0 Å². The highest BCUT2D eigenvalue weighted by Crippen LogP contribution is 2.26. The summed E-state index contributed by atoms with van der Waals surface area (Å²) < 4.78 is 1.21. The first-order chi connectivity index (χ1) is 6.74. The number of aryl methyl sites for hydroxylation is 1. The summed E-state index contributed by atoms with van der Waals surface area (Å²) in [5, 5.41) is 3.33. The van der Waals surface area contributed by atoms with E-state index in [2.05, 4.69) is 53.3 Å². The molecule has 0 amide bonds. The summed E-state index contributed by atoms with van der Waals surface area (Å²) in [6.07, 6.45) is 5.54. The van der Waals surface area contributed by atoms with Crippen LogP contribution in [0, 0.1) is 6.92 Å². The standard InChI is InChI=1S/C11H16BrNS/c1-3-6-13-7-4-5-10-8-11(12)9(2)14-10/h4-5,8,13H,3,6-7H2,1-2H3/b5-4+. The Morgan fingerprint density at radius 3 is 2.93 bits per heavy atom. The highest BCUT2D eigenvalue weighted by Gasteiger charge is 1.98. The van der Waals surface area contributed by atoms with Crippen molar-refractivity contribution in [2.75, 3.05) is 13.1 Å². The number of halogens is 1. The van der Waals surface area contributed by atoms with Crippen molar-refractivity contribution < 1.29 is 0 Å². The van der Waals surface area contributed by atoms with Gasteiger partial charge in [0.05, 0.1) is 0 Å². The van der Waals surface area contributed by atoms with Crippen molar-refractivity contribution in [1.29, 1.82) is 0 Å². The van der Waals surface area contributed by atoms with Gasteiger partial charge in [-0.1, -0.05) is 13.0 Å². The maximum atomic E-state index is 3.51. The predicted octanol–water partition coefficient (Wildman–Crippen LogP) is 3.83. The molecule has 78 valence electrons. The maximum absolute atomic E-state index is 3.51. The van der Waals surface area contributed by atoms with E-state index in [-0.39, 0.29) is 0 Å². The van der Waals surface area contributed by atoms with E-state index in [9.17, 15) is 0 Å². The van der Waals surface area contributed by atoms with Crippen molar-refractivity contribution >= 4 is 33.3 Å². The third-order valence-electron chi connectivity index (χ3n) is 1.85. The topological polar surface area (TPSA) is 12.0 Å². The minimum absolute atomic E-state index is 0.961. The van der Waals surface area contributed by atoms with Gasteiger partial charge in [-0.15, -0.1) is 11.3 Å². The second-order valence-corrected chi connectivity index (χ2v) is 5.30. The molecule has 3 heteroatoms. The molecule has 0 spiro atoms. The van der Waals surface area contributed by atoms with E-state index in [4.69, 9.17) is 0 Å². The first-order valence-electron chi connectivity index (χ1n) is 4.87. The summed E-state index contributed by atoms with van der Waals surface area (Å²) in [5.41, 5.74) is 0. The zero-order chi connectivity index (χ0) is 10.4. The van der Waals surface area contributed by atoms with Crippen molar-refractivity contribution in [3.05, 3.63) is 26.4 Å². The number of rotatable bonds is 5. The van der Waals surface area contributed by atoms with Gasteiger partial charge in [-0.25, -0.2) is 0 Å². The molecular weight excluding hydrogens is 258 g/mol. The Morgan fingerprint density at radius 2 is 2.36 bits per heavy atom. The van der Waals surface area contributed by atoms with Crippen LogP contribution in [0.2, 0.25) is 0 Å². The summed E-state index contributed by atoms with van der Waals surface area (Å²) in [4.78, 5) is 2.65. The lowest BCUT2D eigenvalue weighted by Gasteiger charge is -1.95. The van der Waals surface area contributed by atoms with Crippen LogP contribution in [0.15, 0.2) is 16.6 Å². The van der Waals surface area contributed by atoms with Crippen molar-refractivity contribution in [1.82, 2.24) is 5.32 Å². The Hall–Kier alpha value is -0.120. The van der Waals surface area contributed by atoms with Crippen LogP contribution in [0.3, 0.4) is 0 Å². The molecule has 14 heavy (non-hydrogen) atoms. The molecule has 0 saturated carbocycles. The van der Waals surface area contributed by atoms with Crippen LogP contribution in [-0.4, -0.2) is 13.1 Å². The fourth-order valence-electron chi connectivity index (χ4n) is 1.10. The Balaban J connectivity index is 2.36. The Labute approximate surface area is 98.4 Å². The average Bonchev–Trinajstić information content (AvgIpc) is 2.46. The van der Waals surface area contributed by atoms with Crippen LogP contribution in [-0.2, 0) is 0 Å². The summed E-state index contributed by atoms with van der Waals surface area (Å²) >= 11 is 5.33. The molecule has 0 atom stereocenters. The number of thiophene rings is 1. The summed E-state index contributed by atoms with van der Waals surface area (Å²) in [5.74, 6) is 0. The molecule has 0 fully saturated rings. The van der Waals surface area contributed by atoms with Gasteiger partial charge in [0.25, 0.3) is 0 Å². The number of hydrogen-bond donors (Lipinski definition) is 1. The van der Waals surface area contributed by atoms with Gasteiger partial charge >= 0.3 is 0 Å². The van der Waals surface area contributed by atoms with E-state index < -0.39 is 0 Å². The lowest BCUT2D eigenvalue weighted by Crippen LogP contribution is -2.13. The zero-order valence-electron chi connectivity index (χ0n) is 8.64. The van der Waals surface area contributed by atoms with Crippen LogP contribution in [0.5, 0.6) is 0 Å². The van der Waals surface area contributed by atoms with E-state index in [1.807, 2.05) is 11.3 Å². The van der Waals surface area contributed by atoms with E-state index in [1.54, 1.807) is 0 Å². The molecule has 1 aromatic heterocycles. The number of nitrogens with one attached hydrogen (secondary N) is 1. The molecule has 0 bridgehead atoms. The van der Waals surface area contributed by atoms with Crippen LogP contribution in [0.4, 0.5) is 0 Å². The van der Waals surface area contributed by atoms with Crippen LogP contribution in [0.1, 0.15) is 23.1 Å². The molecular formula is C11H16BrNS. The van der Waals surface area contributed by atoms with Gasteiger partial charge in [-0.05, 0) is 48.0 Å². The second-order valence-electron chi connectivity index (χ2n) is 3.16. The molecule has 1 heterocycles. The molecule has 1 aromatic rings. The maximum Gasteiger partial charge on any atom is 0.0317 e. The monoisotopic (exact) mass is 273 g/mol. The van der Waals surface area contributed by atoms with E-state index in [0.29, 0.717) is 0 Å². The van der Waals surface area contributed by atoms with Crippen LogP contribution < -0.4 is 5.32 Å². The normalized spacial score (nSPS) is 11.4. The smallest absolute Gasteiger partial charge is 0.0317 e. The van der Waals surface area contributed by atoms with Gasteiger partial charge in [0.15, 0.2) is 0 Å². The fraction of sp³-hybridized carbons (Fsp3) is 0.455. The first-order valence-corrected chi connectivity index (χ1v) is 6.48. The van der Waals surface area contributed by atoms with E-state index in [1.165, 1.54) is 20.6 Å². The average molecular weight is 274 g/mol. The Kier molecular flexibility index (Phi) is 5.45. The van der Waals surface area contributed by atoms with Crippen LogP contribution >= 0.6 is 27.3 Å². The highest BCUT2D eigenvalue weighted by molar-refractivity contribution is 9.10. The van der Waals surface area contributed by atoms with Gasteiger partial charge in [-0.2, -0.15) is 0 Å². The molecule has 0 unspecified atom stereocenters. The molecule has 1 N–H and O–H groups in total. The summed E-state index contributed by atoms with van der Waals surface area (Å²) in [7, 11) is 0. The largest absolute Gasteiger partial charge is 0.313 e. The molecule has 1 rings (SSSR count). The second kappa shape index (κ2) is 6.38. The van der Waals surface area contributed by atoms with Crippen molar-refractivity contribution in [3.63, 3.8) is 0 Å². The third-order valence-corrected chi connectivity index (χ3v) is 3.95. The molecule has 0 radical (unpaired) electrons. The van der Waals surface area contributed by atoms with Crippen molar-refractivity contribution in [3.8, 4) is 0 Å². The predicted molar refractivity (Wildman–Crippen MR) is 69.0 cm³/mol. The highest BCUT2D eigenvalue weighted by atomic mass is 79.9. The number of hydrogen-bond acceptors (Lipinski definition) is 2. The lowest BCUT2D eigenvalue weighted by atomic mass is 10.4. The van der Waals surface area contributed by atoms with Gasteiger partial charge in [0.2, 0.25) is 0 Å². The van der Waals surface area contributed by atoms with Gasteiger partial charge in [-0.3, -0.25) is 0 Å². The first kappa shape index (κ1) is 12.0. The molecule has 1 nitrogen and oxygen atoms in total. The SMILES string of the molecule is CCCNC/C=C/c1cc(Br)c(C)s1. The quantitative estimate of drug-likeness (QED) is 0.805. The third kappa shape index (κ3) is 3.95. The summed E-state index contributed by atoms with van der Waals surface area (Å²) in [6, 6.07) is 2.16. The minimum Gasteiger partial charge on any atom is -0.313 e. The molecule has 0 aromatic carbocycles. The fourth-order valence-corrected chi connectivity index (χ4v) is 2.59. The lowest BCUT2D eigenvalue weighted by molar-refractivity contribution is 0.730. The zero-order valence-corrected chi connectivity index (χ0v) is 11.0. The van der Waals surface area contributed by atoms with E-state index in [0.717, 1.165) is 13.1 Å². The Morgan fingerprint density at radius 1 is 1.57 bits per heavy atom. The molecule has 0 saturated heterocycles. The molecule has 0 aliphatic carbocycles. The minimum atomic E-state index is 0.961.